The summed E-state index contributed by atoms with van der Waals surface area (Å²) in [5, 5.41) is 3.62. The topological polar surface area (TPSA) is 64.3 Å². The summed E-state index contributed by atoms with van der Waals surface area (Å²) in [4.78, 5) is 11.2. The van der Waals surface area contributed by atoms with Gasteiger partial charge in [-0.25, -0.2) is 4.79 Å². The van der Waals surface area contributed by atoms with Gasteiger partial charge in [0.25, 0.3) is 0 Å². The minimum Gasteiger partial charge on any atom is -0.419 e. The molecule has 2 saturated heterocycles. The lowest BCUT2D eigenvalue weighted by Crippen LogP contribution is -2.41. The smallest absolute Gasteiger partial charge is 0.419 e. The normalized spacial score (nSPS) is 27.2. The summed E-state index contributed by atoms with van der Waals surface area (Å²) in [7, 11) is 0. The fraction of sp³-hybridized carbons (Fsp3) is 0.562. The van der Waals surface area contributed by atoms with E-state index in [4.69, 9.17) is 28.9 Å². The highest BCUT2D eigenvalue weighted by Gasteiger charge is 2.42. The SMILES string of the molecule is NC(c1cc(Cl)c(Cl)cc1OC(=O)C(F)(F)F)C1CC2CCC(C1)N2. The zero-order chi connectivity index (χ0) is 18.4. The van der Waals surface area contributed by atoms with E-state index in [1.807, 2.05) is 0 Å². The molecule has 25 heavy (non-hydrogen) atoms. The molecule has 2 aliphatic heterocycles. The Morgan fingerprint density at radius 1 is 1.20 bits per heavy atom. The molecule has 0 amide bonds. The van der Waals surface area contributed by atoms with Crippen molar-refractivity contribution in [2.24, 2.45) is 11.7 Å². The summed E-state index contributed by atoms with van der Waals surface area (Å²) < 4.78 is 42.1. The lowest BCUT2D eigenvalue weighted by molar-refractivity contribution is -0.189. The Hall–Kier alpha value is -1.02. The molecule has 2 aliphatic rings. The van der Waals surface area contributed by atoms with Crippen molar-refractivity contribution in [2.45, 2.75) is 50.0 Å². The second-order valence-corrected chi connectivity index (χ2v) is 7.40. The highest BCUT2D eigenvalue weighted by molar-refractivity contribution is 6.42. The molecular weight excluding hydrogens is 380 g/mol. The number of ether oxygens (including phenoxy) is 1. The lowest BCUT2D eigenvalue weighted by atomic mass is 9.83. The van der Waals surface area contributed by atoms with Gasteiger partial charge in [0.15, 0.2) is 0 Å². The van der Waals surface area contributed by atoms with Crippen molar-refractivity contribution >= 4 is 29.2 Å². The highest BCUT2D eigenvalue weighted by Crippen LogP contribution is 2.42. The molecule has 0 saturated carbocycles. The first-order valence-electron chi connectivity index (χ1n) is 7.94. The quantitative estimate of drug-likeness (QED) is 0.598. The second-order valence-electron chi connectivity index (χ2n) is 6.59. The van der Waals surface area contributed by atoms with Gasteiger partial charge < -0.3 is 15.8 Å². The molecule has 4 nitrogen and oxygen atoms in total. The number of carbonyl (C=O) groups excluding carboxylic acids is 1. The number of alkyl halides is 3. The van der Waals surface area contributed by atoms with Gasteiger partial charge in [-0.3, -0.25) is 0 Å². The average molecular weight is 397 g/mol. The number of piperidine rings is 1. The monoisotopic (exact) mass is 396 g/mol. The average Bonchev–Trinajstić information content (AvgIpc) is 2.87. The molecule has 2 fully saturated rings. The Kier molecular flexibility index (Phi) is 5.21. The van der Waals surface area contributed by atoms with Gasteiger partial charge in [-0.2, -0.15) is 13.2 Å². The van der Waals surface area contributed by atoms with Crippen LogP contribution in [-0.4, -0.2) is 24.2 Å². The second kappa shape index (κ2) is 6.95. The maximum absolute atomic E-state index is 12.5. The number of rotatable bonds is 3. The Morgan fingerprint density at radius 3 is 2.32 bits per heavy atom. The van der Waals surface area contributed by atoms with Crippen LogP contribution in [0.3, 0.4) is 0 Å². The number of nitrogens with one attached hydrogen (secondary N) is 1. The van der Waals surface area contributed by atoms with Crippen molar-refractivity contribution in [1.29, 1.82) is 0 Å². The molecule has 9 heteroatoms. The third-order valence-corrected chi connectivity index (χ3v) is 5.59. The molecule has 2 heterocycles. The van der Waals surface area contributed by atoms with Crippen molar-refractivity contribution in [2.75, 3.05) is 0 Å². The molecule has 138 valence electrons. The maximum atomic E-state index is 12.5. The number of nitrogens with two attached hydrogens (primary N) is 1. The van der Waals surface area contributed by atoms with Crippen LogP contribution in [0.1, 0.15) is 37.3 Å². The fourth-order valence-corrected chi connectivity index (χ4v) is 4.02. The zero-order valence-electron chi connectivity index (χ0n) is 13.1. The predicted molar refractivity (Wildman–Crippen MR) is 87.8 cm³/mol. The Bertz CT molecular complexity index is 672. The van der Waals surface area contributed by atoms with E-state index >= 15 is 0 Å². The van der Waals surface area contributed by atoms with E-state index in [1.165, 1.54) is 6.07 Å². The number of fused-ring (bicyclic) bond motifs is 2. The van der Waals surface area contributed by atoms with E-state index < -0.39 is 18.2 Å². The number of halogens is 5. The zero-order valence-corrected chi connectivity index (χ0v) is 14.6. The van der Waals surface area contributed by atoms with E-state index in [0.717, 1.165) is 31.7 Å². The van der Waals surface area contributed by atoms with E-state index in [1.54, 1.807) is 0 Å². The van der Waals surface area contributed by atoms with Crippen molar-refractivity contribution in [3.05, 3.63) is 27.7 Å². The fourth-order valence-electron chi connectivity index (χ4n) is 3.70. The van der Waals surface area contributed by atoms with Gasteiger partial charge >= 0.3 is 12.1 Å². The summed E-state index contributed by atoms with van der Waals surface area (Å²) in [6.07, 6.45) is -1.37. The largest absolute Gasteiger partial charge is 0.491 e. The third kappa shape index (κ3) is 4.05. The van der Waals surface area contributed by atoms with Crippen molar-refractivity contribution in [3.63, 3.8) is 0 Å². The molecule has 0 spiro atoms. The molecule has 0 aromatic heterocycles. The van der Waals surface area contributed by atoms with Crippen LogP contribution < -0.4 is 15.8 Å². The summed E-state index contributed by atoms with van der Waals surface area (Å²) >= 11 is 11.9. The van der Waals surface area contributed by atoms with Gasteiger partial charge in [0.1, 0.15) is 5.75 Å². The Balaban J connectivity index is 1.88. The van der Waals surface area contributed by atoms with Gasteiger partial charge in [-0.1, -0.05) is 23.2 Å². The summed E-state index contributed by atoms with van der Waals surface area (Å²) in [6.45, 7) is 0. The first-order chi connectivity index (χ1) is 11.6. The molecule has 1 aromatic carbocycles. The Labute approximate surface area is 152 Å². The Morgan fingerprint density at radius 2 is 1.76 bits per heavy atom. The lowest BCUT2D eigenvalue weighted by Gasteiger charge is -2.33. The molecule has 2 bridgehead atoms. The highest BCUT2D eigenvalue weighted by atomic mass is 35.5. The molecule has 0 aliphatic carbocycles. The maximum Gasteiger partial charge on any atom is 0.491 e. The minimum atomic E-state index is -5.11. The van der Waals surface area contributed by atoms with Crippen molar-refractivity contribution in [1.82, 2.24) is 5.32 Å². The van der Waals surface area contributed by atoms with Crippen LogP contribution in [0.2, 0.25) is 10.0 Å². The van der Waals surface area contributed by atoms with Crippen LogP contribution in [0.5, 0.6) is 5.75 Å². The molecule has 1 aromatic rings. The molecular formula is C16H17Cl2F3N2O2. The number of hydrogen-bond acceptors (Lipinski definition) is 4. The van der Waals surface area contributed by atoms with Gasteiger partial charge in [0.05, 0.1) is 10.0 Å². The molecule has 3 N–H and O–H groups in total. The summed E-state index contributed by atoms with van der Waals surface area (Å²) in [5.41, 5.74) is 6.59. The summed E-state index contributed by atoms with van der Waals surface area (Å²) in [6, 6.07) is 2.61. The minimum absolute atomic E-state index is 0.00651. The molecule has 3 rings (SSSR count). The predicted octanol–water partition coefficient (Wildman–Crippen LogP) is 3.99. The summed E-state index contributed by atoms with van der Waals surface area (Å²) in [5.74, 6) is -2.56. The van der Waals surface area contributed by atoms with Crippen molar-refractivity contribution in [3.8, 4) is 5.75 Å². The molecule has 3 atom stereocenters. The van der Waals surface area contributed by atoms with Crippen LogP contribution in [0, 0.1) is 5.92 Å². The standard InChI is InChI=1S/C16H17Cl2F3N2O2/c17-11-5-10(13(6-12(11)18)25-15(24)16(19,20)21)14(22)7-3-8-1-2-9(4-7)23-8/h5-9,14,23H,1-4,22H2. The van der Waals surface area contributed by atoms with Crippen LogP contribution >= 0.6 is 23.2 Å². The third-order valence-electron chi connectivity index (χ3n) is 4.86. The van der Waals surface area contributed by atoms with Gasteiger partial charge in [0.2, 0.25) is 0 Å². The van der Waals surface area contributed by atoms with Gasteiger partial charge in [-0.05, 0) is 37.7 Å². The van der Waals surface area contributed by atoms with Crippen molar-refractivity contribution < 1.29 is 22.7 Å². The first-order valence-corrected chi connectivity index (χ1v) is 8.70. The number of benzene rings is 1. The number of esters is 1. The van der Waals surface area contributed by atoms with Crippen LogP contribution in [0.4, 0.5) is 13.2 Å². The van der Waals surface area contributed by atoms with Crippen LogP contribution in [-0.2, 0) is 4.79 Å². The van der Waals surface area contributed by atoms with Crippen LogP contribution in [0.15, 0.2) is 12.1 Å². The van der Waals surface area contributed by atoms with E-state index in [-0.39, 0.29) is 27.3 Å². The number of carbonyl (C=O) groups is 1. The van der Waals surface area contributed by atoms with E-state index in [9.17, 15) is 18.0 Å². The molecule has 3 unspecified atom stereocenters. The van der Waals surface area contributed by atoms with E-state index in [0.29, 0.717) is 12.1 Å². The van der Waals surface area contributed by atoms with Gasteiger partial charge in [0, 0.05) is 29.8 Å². The van der Waals surface area contributed by atoms with Crippen LogP contribution in [0.25, 0.3) is 0 Å². The molecule has 0 radical (unpaired) electrons. The first kappa shape index (κ1) is 18.8. The number of hydrogen-bond donors (Lipinski definition) is 2. The van der Waals surface area contributed by atoms with Gasteiger partial charge in [-0.15, -0.1) is 0 Å². The van der Waals surface area contributed by atoms with E-state index in [2.05, 4.69) is 10.1 Å².